The van der Waals surface area contributed by atoms with Crippen LogP contribution in [-0.2, 0) is 10.0 Å². The molecule has 1 aromatic rings. The van der Waals surface area contributed by atoms with E-state index in [1.807, 2.05) is 32.9 Å². The third-order valence-corrected chi connectivity index (χ3v) is 7.11. The van der Waals surface area contributed by atoms with Gasteiger partial charge in [-0.05, 0) is 75.0 Å². The van der Waals surface area contributed by atoms with Crippen LogP contribution in [0.25, 0.3) is 0 Å². The summed E-state index contributed by atoms with van der Waals surface area (Å²) in [6, 6.07) is 5.63. The summed E-state index contributed by atoms with van der Waals surface area (Å²) in [5.41, 5.74) is 1.79. The maximum Gasteiger partial charge on any atom is 0.241 e. The second-order valence-electron chi connectivity index (χ2n) is 7.02. The minimum atomic E-state index is -3.42. The Kier molecular flexibility index (Phi) is 3.87. The number of hydrogen-bond acceptors (Lipinski definition) is 2. The summed E-state index contributed by atoms with van der Waals surface area (Å²) in [5, 5.41) is 0. The molecule has 0 saturated heterocycles. The molecule has 1 aromatic carbocycles. The lowest BCUT2D eigenvalue weighted by Gasteiger charge is -2.28. The minimum Gasteiger partial charge on any atom is -0.208 e. The van der Waals surface area contributed by atoms with Crippen LogP contribution in [0.3, 0.4) is 0 Å². The van der Waals surface area contributed by atoms with Gasteiger partial charge in [-0.15, -0.1) is 0 Å². The Hall–Kier alpha value is -0.870. The minimum absolute atomic E-state index is 0.0326. The highest BCUT2D eigenvalue weighted by Gasteiger charge is 2.42. The third-order valence-electron chi connectivity index (χ3n) is 5.41. The van der Waals surface area contributed by atoms with Crippen LogP contribution in [0.1, 0.15) is 43.7 Å². The fourth-order valence-electron chi connectivity index (χ4n) is 4.30. The Morgan fingerprint density at radius 3 is 2.57 bits per heavy atom. The average Bonchev–Trinajstić information content (AvgIpc) is 3.03. The van der Waals surface area contributed by atoms with Crippen molar-refractivity contribution in [2.24, 2.45) is 17.8 Å². The zero-order valence-electron chi connectivity index (χ0n) is 13.1. The monoisotopic (exact) mass is 307 g/mol. The Labute approximate surface area is 128 Å². The Bertz CT molecular complexity index is 638. The molecule has 3 nitrogen and oxygen atoms in total. The summed E-state index contributed by atoms with van der Waals surface area (Å²) in [6.07, 6.45) is 5.13. The van der Waals surface area contributed by atoms with Crippen molar-refractivity contribution in [1.29, 1.82) is 0 Å². The number of rotatable bonds is 4. The summed E-state index contributed by atoms with van der Waals surface area (Å²) in [4.78, 5) is 0.428. The molecule has 2 bridgehead atoms. The number of nitrogens with one attached hydrogen (secondary N) is 1. The summed E-state index contributed by atoms with van der Waals surface area (Å²) >= 11 is 0. The average molecular weight is 307 g/mol. The second-order valence-corrected chi connectivity index (χ2v) is 8.70. The summed E-state index contributed by atoms with van der Waals surface area (Å²) in [7, 11) is -3.42. The first-order valence-corrected chi connectivity index (χ1v) is 9.44. The van der Waals surface area contributed by atoms with E-state index in [9.17, 15) is 8.42 Å². The summed E-state index contributed by atoms with van der Waals surface area (Å²) in [6.45, 7) is 5.82. The largest absolute Gasteiger partial charge is 0.241 e. The number of aryl methyl sites for hydroxylation is 2. The molecule has 4 unspecified atom stereocenters. The predicted molar refractivity (Wildman–Crippen MR) is 84.6 cm³/mol. The van der Waals surface area contributed by atoms with Gasteiger partial charge in [-0.2, -0.15) is 0 Å². The Morgan fingerprint density at radius 1 is 1.19 bits per heavy atom. The fraction of sp³-hybridized carbons (Fsp3) is 0.647. The summed E-state index contributed by atoms with van der Waals surface area (Å²) in [5.74, 6) is 2.09. The first-order valence-electron chi connectivity index (χ1n) is 7.96. The molecular formula is C17H25NO2S. The van der Waals surface area contributed by atoms with Gasteiger partial charge in [-0.25, -0.2) is 13.1 Å². The van der Waals surface area contributed by atoms with Gasteiger partial charge in [-0.1, -0.05) is 18.6 Å². The van der Waals surface area contributed by atoms with E-state index in [4.69, 9.17) is 0 Å². The molecule has 4 atom stereocenters. The van der Waals surface area contributed by atoms with Gasteiger partial charge in [0, 0.05) is 6.04 Å². The maximum atomic E-state index is 12.7. The van der Waals surface area contributed by atoms with E-state index in [1.165, 1.54) is 25.7 Å². The lowest BCUT2D eigenvalue weighted by atomic mass is 9.84. The molecule has 0 aromatic heterocycles. The standard InChI is InChI=1S/C17H25NO2S/c1-11-4-5-12(2)17(8-11)21(19,20)18-13(3)16-10-14-6-7-15(16)9-14/h4-5,8,13-16,18H,6-7,9-10H2,1-3H3. The van der Waals surface area contributed by atoms with E-state index in [1.54, 1.807) is 6.07 Å². The van der Waals surface area contributed by atoms with Crippen molar-refractivity contribution in [1.82, 2.24) is 4.72 Å². The van der Waals surface area contributed by atoms with Gasteiger partial charge in [0.2, 0.25) is 10.0 Å². The van der Waals surface area contributed by atoms with Crippen molar-refractivity contribution < 1.29 is 8.42 Å². The SMILES string of the molecule is Cc1ccc(C)c(S(=O)(=O)NC(C)C2CC3CCC2C3)c1. The van der Waals surface area contributed by atoms with Crippen molar-refractivity contribution >= 4 is 10.0 Å². The molecule has 2 aliphatic carbocycles. The molecule has 2 aliphatic rings. The van der Waals surface area contributed by atoms with Gasteiger partial charge in [0.25, 0.3) is 0 Å². The molecule has 4 heteroatoms. The first-order chi connectivity index (χ1) is 9.87. The molecule has 2 fully saturated rings. The fourth-order valence-corrected chi connectivity index (χ4v) is 5.92. The smallest absolute Gasteiger partial charge is 0.208 e. The Morgan fingerprint density at radius 2 is 1.95 bits per heavy atom. The molecule has 0 amide bonds. The molecule has 0 spiro atoms. The van der Waals surface area contributed by atoms with Gasteiger partial charge < -0.3 is 0 Å². The first kappa shape index (κ1) is 15.0. The lowest BCUT2D eigenvalue weighted by molar-refractivity contribution is 0.280. The van der Waals surface area contributed by atoms with Crippen molar-refractivity contribution in [2.75, 3.05) is 0 Å². The zero-order chi connectivity index (χ0) is 15.2. The van der Waals surface area contributed by atoms with E-state index >= 15 is 0 Å². The number of fused-ring (bicyclic) bond motifs is 2. The molecule has 3 rings (SSSR count). The van der Waals surface area contributed by atoms with Crippen molar-refractivity contribution in [3.8, 4) is 0 Å². The van der Waals surface area contributed by atoms with E-state index in [0.29, 0.717) is 10.8 Å². The van der Waals surface area contributed by atoms with Crippen LogP contribution in [0.2, 0.25) is 0 Å². The van der Waals surface area contributed by atoms with E-state index < -0.39 is 10.0 Å². The number of sulfonamides is 1. The van der Waals surface area contributed by atoms with Crippen LogP contribution in [0.15, 0.2) is 23.1 Å². The zero-order valence-corrected chi connectivity index (χ0v) is 13.9. The van der Waals surface area contributed by atoms with Crippen LogP contribution in [-0.4, -0.2) is 14.5 Å². The van der Waals surface area contributed by atoms with Gasteiger partial charge in [-0.3, -0.25) is 0 Å². The van der Waals surface area contributed by atoms with E-state index in [2.05, 4.69) is 4.72 Å². The molecule has 21 heavy (non-hydrogen) atoms. The summed E-state index contributed by atoms with van der Waals surface area (Å²) < 4.78 is 28.3. The Balaban J connectivity index is 1.78. The second kappa shape index (κ2) is 5.40. The van der Waals surface area contributed by atoms with Crippen LogP contribution >= 0.6 is 0 Å². The van der Waals surface area contributed by atoms with Gasteiger partial charge >= 0.3 is 0 Å². The molecular weight excluding hydrogens is 282 g/mol. The van der Waals surface area contributed by atoms with Gasteiger partial charge in [0.05, 0.1) is 4.90 Å². The van der Waals surface area contributed by atoms with E-state index in [-0.39, 0.29) is 6.04 Å². The molecule has 116 valence electrons. The lowest BCUT2D eigenvalue weighted by Crippen LogP contribution is -2.40. The van der Waals surface area contributed by atoms with Crippen LogP contribution < -0.4 is 4.72 Å². The molecule has 0 radical (unpaired) electrons. The van der Waals surface area contributed by atoms with Gasteiger partial charge in [0.1, 0.15) is 0 Å². The van der Waals surface area contributed by atoms with Crippen LogP contribution in [0.4, 0.5) is 0 Å². The number of hydrogen-bond donors (Lipinski definition) is 1. The van der Waals surface area contributed by atoms with Crippen molar-refractivity contribution in [2.45, 2.75) is 57.4 Å². The molecule has 1 N–H and O–H groups in total. The molecule has 0 aliphatic heterocycles. The topological polar surface area (TPSA) is 46.2 Å². The predicted octanol–water partition coefficient (Wildman–Crippen LogP) is 3.41. The maximum absolute atomic E-state index is 12.7. The van der Waals surface area contributed by atoms with Crippen molar-refractivity contribution in [3.05, 3.63) is 29.3 Å². The molecule has 2 saturated carbocycles. The quantitative estimate of drug-likeness (QED) is 0.926. The normalized spacial score (nSPS) is 29.8. The molecule has 0 heterocycles. The highest BCUT2D eigenvalue weighted by Crippen LogP contribution is 2.49. The van der Waals surface area contributed by atoms with Crippen molar-refractivity contribution in [3.63, 3.8) is 0 Å². The highest BCUT2D eigenvalue weighted by atomic mass is 32.2. The number of benzene rings is 1. The van der Waals surface area contributed by atoms with Crippen LogP contribution in [0, 0.1) is 31.6 Å². The third kappa shape index (κ3) is 2.88. The van der Waals surface area contributed by atoms with Gasteiger partial charge in [0.15, 0.2) is 0 Å². The highest BCUT2D eigenvalue weighted by molar-refractivity contribution is 7.89. The van der Waals surface area contributed by atoms with E-state index in [0.717, 1.165) is 23.0 Å². The van der Waals surface area contributed by atoms with Crippen LogP contribution in [0.5, 0.6) is 0 Å².